The summed E-state index contributed by atoms with van der Waals surface area (Å²) in [4.78, 5) is 2.70. The Kier molecular flexibility index (Phi) is 6.87. The molecular formula is C43H46N2. The van der Waals surface area contributed by atoms with Crippen LogP contribution in [0.2, 0.25) is 0 Å². The molecule has 3 unspecified atom stereocenters. The van der Waals surface area contributed by atoms with Gasteiger partial charge in [-0.15, -0.1) is 0 Å². The van der Waals surface area contributed by atoms with Crippen molar-refractivity contribution in [3.05, 3.63) is 123 Å². The van der Waals surface area contributed by atoms with Crippen molar-refractivity contribution in [2.45, 2.75) is 96.4 Å². The van der Waals surface area contributed by atoms with Gasteiger partial charge in [0.25, 0.3) is 0 Å². The minimum absolute atomic E-state index is 0.518. The summed E-state index contributed by atoms with van der Waals surface area (Å²) in [5, 5.41) is 0. The summed E-state index contributed by atoms with van der Waals surface area (Å²) in [6.45, 7) is 2.40. The maximum absolute atomic E-state index is 2.72. The average molecular weight is 591 g/mol. The Hall–Kier alpha value is -3.78. The standard InChI is InChI=1S/C43H46N2/c1-29-10-9-13-35(26-29)45-40-16-7-5-14-36(40)38-24-20-33(28-43(38)45)32-21-25-42-39(27-32)37-15-6-8-17-41(37)44(42)34-22-18-31(19-23-34)30-11-3-2-4-12-30/h3,7-8,11-12,16-19,22-23,26-29,39,42H,2,4-6,9-10,13-15,20-21,24-25H2,1H3. The van der Waals surface area contributed by atoms with E-state index in [1.165, 1.54) is 111 Å². The van der Waals surface area contributed by atoms with Gasteiger partial charge in [0, 0.05) is 40.4 Å². The number of allylic oxidation sites excluding steroid dienone is 11. The first-order chi connectivity index (χ1) is 22.2. The van der Waals surface area contributed by atoms with E-state index in [9.17, 15) is 0 Å². The number of hydrogen-bond donors (Lipinski definition) is 0. The maximum atomic E-state index is 2.72. The Morgan fingerprint density at radius 2 is 1.53 bits per heavy atom. The minimum atomic E-state index is 0.518. The smallest absolute Gasteiger partial charge is 0.0496 e. The zero-order chi connectivity index (χ0) is 29.9. The summed E-state index contributed by atoms with van der Waals surface area (Å²) < 4.78 is 2.69. The van der Waals surface area contributed by atoms with E-state index < -0.39 is 0 Å². The summed E-state index contributed by atoms with van der Waals surface area (Å²) in [5.41, 5.74) is 18.3. The highest BCUT2D eigenvalue weighted by molar-refractivity contribution is 5.77. The molecule has 2 nitrogen and oxygen atoms in total. The Morgan fingerprint density at radius 1 is 0.689 bits per heavy atom. The molecule has 0 N–H and O–H groups in total. The number of anilines is 1. The highest BCUT2D eigenvalue weighted by Crippen LogP contribution is 2.49. The van der Waals surface area contributed by atoms with Crippen molar-refractivity contribution < 1.29 is 0 Å². The summed E-state index contributed by atoms with van der Waals surface area (Å²) in [7, 11) is 0. The van der Waals surface area contributed by atoms with Gasteiger partial charge >= 0.3 is 0 Å². The predicted octanol–water partition coefficient (Wildman–Crippen LogP) is 11.0. The zero-order valence-electron chi connectivity index (χ0n) is 26.9. The monoisotopic (exact) mass is 590 g/mol. The van der Waals surface area contributed by atoms with Crippen LogP contribution in [0.25, 0.3) is 23.4 Å². The van der Waals surface area contributed by atoms with Gasteiger partial charge in [-0.2, -0.15) is 0 Å². The quantitative estimate of drug-likeness (QED) is 0.344. The molecule has 2 heteroatoms. The van der Waals surface area contributed by atoms with Crippen LogP contribution in [0.5, 0.6) is 0 Å². The summed E-state index contributed by atoms with van der Waals surface area (Å²) in [6.07, 6.45) is 40.3. The van der Waals surface area contributed by atoms with E-state index in [2.05, 4.69) is 101 Å². The normalized spacial score (nSPS) is 26.9. The first-order valence-corrected chi connectivity index (χ1v) is 17.9. The molecule has 45 heavy (non-hydrogen) atoms. The lowest BCUT2D eigenvalue weighted by Gasteiger charge is -2.35. The van der Waals surface area contributed by atoms with Crippen molar-refractivity contribution in [3.8, 4) is 0 Å². The van der Waals surface area contributed by atoms with Crippen LogP contribution in [-0.2, 0) is 12.8 Å². The van der Waals surface area contributed by atoms with Crippen molar-refractivity contribution in [1.82, 2.24) is 4.57 Å². The lowest BCUT2D eigenvalue weighted by atomic mass is 9.77. The summed E-state index contributed by atoms with van der Waals surface area (Å²) in [6, 6.07) is 9.97. The molecule has 6 aliphatic carbocycles. The topological polar surface area (TPSA) is 8.17 Å². The summed E-state index contributed by atoms with van der Waals surface area (Å²) in [5.74, 6) is 1.19. The lowest BCUT2D eigenvalue weighted by molar-refractivity contribution is 0.505. The third kappa shape index (κ3) is 4.67. The number of rotatable bonds is 4. The molecule has 9 rings (SSSR count). The maximum Gasteiger partial charge on any atom is 0.0496 e. The van der Waals surface area contributed by atoms with Gasteiger partial charge in [0.05, 0.1) is 0 Å². The van der Waals surface area contributed by atoms with E-state index in [1.54, 1.807) is 33.5 Å². The molecule has 0 amide bonds. The third-order valence-corrected chi connectivity index (χ3v) is 11.7. The van der Waals surface area contributed by atoms with Crippen LogP contribution >= 0.6 is 0 Å². The molecular weight excluding hydrogens is 544 g/mol. The van der Waals surface area contributed by atoms with Crippen molar-refractivity contribution in [1.29, 1.82) is 0 Å². The van der Waals surface area contributed by atoms with E-state index in [0.717, 1.165) is 6.42 Å². The first-order valence-electron chi connectivity index (χ1n) is 17.9. The molecule has 3 atom stereocenters. The van der Waals surface area contributed by atoms with E-state index in [1.807, 2.05) is 0 Å². The molecule has 1 aromatic heterocycles. The second kappa shape index (κ2) is 11.2. The van der Waals surface area contributed by atoms with E-state index in [-0.39, 0.29) is 0 Å². The van der Waals surface area contributed by atoms with Crippen molar-refractivity contribution in [3.63, 3.8) is 0 Å². The second-order valence-corrected chi connectivity index (χ2v) is 14.4. The van der Waals surface area contributed by atoms with Crippen LogP contribution in [0, 0.1) is 11.8 Å². The van der Waals surface area contributed by atoms with Crippen molar-refractivity contribution >= 4 is 29.1 Å². The molecule has 7 aliphatic rings. The molecule has 228 valence electrons. The fourth-order valence-electron chi connectivity index (χ4n) is 9.54. The fraction of sp³-hybridized carbons (Fsp3) is 0.395. The number of aromatic nitrogens is 1. The Labute approximate surface area is 269 Å². The Bertz CT molecular complexity index is 1790. The minimum Gasteiger partial charge on any atom is -0.337 e. The van der Waals surface area contributed by atoms with E-state index in [4.69, 9.17) is 0 Å². The SMILES string of the molecule is CC1C=C(n2c3c(c4c2C=C(C2=CC5C6=C(C=CCC6)N(c6ccc(C7=CCCC=C7)cc6)C5CC2)CC4)CCC=C3)CCC1. The molecule has 1 aromatic carbocycles. The predicted molar refractivity (Wildman–Crippen MR) is 191 cm³/mol. The molecule has 1 aliphatic heterocycles. The third-order valence-electron chi connectivity index (χ3n) is 11.7. The highest BCUT2D eigenvalue weighted by atomic mass is 15.2. The van der Waals surface area contributed by atoms with Crippen LogP contribution in [0.3, 0.4) is 0 Å². The molecule has 0 radical (unpaired) electrons. The molecule has 0 spiro atoms. The molecule has 2 aromatic rings. The van der Waals surface area contributed by atoms with Gasteiger partial charge in [0.15, 0.2) is 0 Å². The van der Waals surface area contributed by atoms with Gasteiger partial charge in [-0.3, -0.25) is 0 Å². The number of fused-ring (bicyclic) bond motifs is 5. The second-order valence-electron chi connectivity index (χ2n) is 14.4. The first kappa shape index (κ1) is 27.5. The Balaban J connectivity index is 1.07. The van der Waals surface area contributed by atoms with E-state index in [0.29, 0.717) is 17.9 Å². The largest absolute Gasteiger partial charge is 0.337 e. The van der Waals surface area contributed by atoms with Gasteiger partial charge in [0.2, 0.25) is 0 Å². The fourth-order valence-corrected chi connectivity index (χ4v) is 9.54. The van der Waals surface area contributed by atoms with Crippen LogP contribution in [0.15, 0.2) is 95.3 Å². The van der Waals surface area contributed by atoms with E-state index >= 15 is 0 Å². The summed E-state index contributed by atoms with van der Waals surface area (Å²) >= 11 is 0. The molecule has 0 bridgehead atoms. The van der Waals surface area contributed by atoms with Gasteiger partial charge in [0.1, 0.15) is 0 Å². The van der Waals surface area contributed by atoms with Crippen molar-refractivity contribution in [2.75, 3.05) is 4.90 Å². The van der Waals surface area contributed by atoms with Gasteiger partial charge in [-0.25, -0.2) is 0 Å². The number of nitrogens with zero attached hydrogens (tertiary/aromatic N) is 2. The highest BCUT2D eigenvalue weighted by Gasteiger charge is 2.42. The van der Waals surface area contributed by atoms with Crippen LogP contribution in [0.1, 0.15) is 106 Å². The van der Waals surface area contributed by atoms with Crippen LogP contribution in [-0.4, -0.2) is 10.6 Å². The zero-order valence-corrected chi connectivity index (χ0v) is 26.9. The molecule has 0 saturated carbocycles. The van der Waals surface area contributed by atoms with Gasteiger partial charge < -0.3 is 9.47 Å². The van der Waals surface area contributed by atoms with Crippen molar-refractivity contribution in [2.24, 2.45) is 11.8 Å². The molecule has 0 saturated heterocycles. The number of benzene rings is 1. The van der Waals surface area contributed by atoms with Crippen LogP contribution in [0.4, 0.5) is 5.69 Å². The Morgan fingerprint density at radius 3 is 2.40 bits per heavy atom. The van der Waals surface area contributed by atoms with Gasteiger partial charge in [-0.1, -0.05) is 61.6 Å². The lowest BCUT2D eigenvalue weighted by Crippen LogP contribution is -2.35. The van der Waals surface area contributed by atoms with Gasteiger partial charge in [-0.05, 0) is 159 Å². The number of hydrogen-bond acceptors (Lipinski definition) is 1. The molecule has 0 fully saturated rings. The average Bonchev–Trinajstić information content (AvgIpc) is 3.61. The van der Waals surface area contributed by atoms with Crippen LogP contribution < -0.4 is 4.90 Å². The molecule has 2 heterocycles.